The van der Waals surface area contributed by atoms with E-state index in [0.717, 1.165) is 0 Å². The smallest absolute Gasteiger partial charge is 0.288 e. The van der Waals surface area contributed by atoms with Crippen LogP contribution in [-0.4, -0.2) is 27.6 Å². The van der Waals surface area contributed by atoms with Crippen LogP contribution < -0.4 is 10.9 Å². The van der Waals surface area contributed by atoms with E-state index in [-0.39, 0.29) is 23.1 Å². The minimum Gasteiger partial charge on any atom is -0.429 e. The molecular formula is C11H14N4O3. The van der Waals surface area contributed by atoms with Crippen LogP contribution in [-0.2, 0) is 0 Å². The Balaban J connectivity index is 2.10. The van der Waals surface area contributed by atoms with E-state index in [9.17, 15) is 9.59 Å². The molecule has 0 unspecified atom stereocenters. The summed E-state index contributed by atoms with van der Waals surface area (Å²) in [4.78, 5) is 26.6. The van der Waals surface area contributed by atoms with Crippen LogP contribution >= 0.6 is 0 Å². The summed E-state index contributed by atoms with van der Waals surface area (Å²) in [6.07, 6.45) is 1.33. The fraction of sp³-hybridized carbons (Fsp3) is 0.364. The van der Waals surface area contributed by atoms with Crippen molar-refractivity contribution >= 4 is 5.91 Å². The molecule has 0 radical (unpaired) electrons. The van der Waals surface area contributed by atoms with Gasteiger partial charge in [0.1, 0.15) is 5.69 Å². The SMILES string of the molecule is CC(C)CNC(=O)c1cnc(-c2cc(=O)[nH][nH]2)o1. The van der Waals surface area contributed by atoms with Crippen LogP contribution in [0.5, 0.6) is 0 Å². The maximum Gasteiger partial charge on any atom is 0.288 e. The second-order valence-corrected chi connectivity index (χ2v) is 4.31. The van der Waals surface area contributed by atoms with Crippen LogP contribution in [0, 0.1) is 5.92 Å². The highest BCUT2D eigenvalue weighted by molar-refractivity contribution is 5.91. The largest absolute Gasteiger partial charge is 0.429 e. The highest BCUT2D eigenvalue weighted by atomic mass is 16.4. The first-order valence-electron chi connectivity index (χ1n) is 5.58. The molecule has 0 saturated heterocycles. The third-order valence-corrected chi connectivity index (χ3v) is 2.23. The van der Waals surface area contributed by atoms with Gasteiger partial charge >= 0.3 is 0 Å². The first-order chi connectivity index (χ1) is 8.56. The number of oxazole rings is 1. The van der Waals surface area contributed by atoms with E-state index in [1.165, 1.54) is 12.3 Å². The van der Waals surface area contributed by atoms with Crippen LogP contribution in [0.1, 0.15) is 24.4 Å². The molecule has 0 atom stereocenters. The Labute approximate surface area is 103 Å². The molecular weight excluding hydrogens is 236 g/mol. The fourth-order valence-corrected chi connectivity index (χ4v) is 1.33. The van der Waals surface area contributed by atoms with Crippen molar-refractivity contribution in [3.05, 3.63) is 28.4 Å². The summed E-state index contributed by atoms with van der Waals surface area (Å²) in [5.41, 5.74) is 0.122. The summed E-state index contributed by atoms with van der Waals surface area (Å²) in [6.45, 7) is 4.56. The number of H-pyrrole nitrogens is 2. The van der Waals surface area contributed by atoms with Crippen LogP contribution in [0.25, 0.3) is 11.6 Å². The van der Waals surface area contributed by atoms with Crippen molar-refractivity contribution in [2.45, 2.75) is 13.8 Å². The molecule has 2 aromatic heterocycles. The number of aromatic nitrogens is 3. The standard InChI is InChI=1S/C11H14N4O3/c1-6(2)4-12-10(17)8-5-13-11(18-8)7-3-9(16)15-14-7/h3,5-6H,4H2,1-2H3,(H,12,17)(H2,14,15,16). The minimum absolute atomic E-state index is 0.118. The Morgan fingerprint density at radius 3 is 2.89 bits per heavy atom. The van der Waals surface area contributed by atoms with Crippen LogP contribution in [0.2, 0.25) is 0 Å². The van der Waals surface area contributed by atoms with E-state index in [0.29, 0.717) is 18.2 Å². The summed E-state index contributed by atoms with van der Waals surface area (Å²) in [6, 6.07) is 1.31. The number of nitrogens with zero attached hydrogens (tertiary/aromatic N) is 1. The van der Waals surface area contributed by atoms with Gasteiger partial charge in [0.25, 0.3) is 11.5 Å². The molecule has 0 aliphatic heterocycles. The third-order valence-electron chi connectivity index (χ3n) is 2.23. The first kappa shape index (κ1) is 12.2. The number of rotatable bonds is 4. The zero-order valence-electron chi connectivity index (χ0n) is 10.1. The summed E-state index contributed by atoms with van der Waals surface area (Å²) in [5, 5.41) is 7.68. The average Bonchev–Trinajstić information content (AvgIpc) is 2.93. The van der Waals surface area contributed by atoms with Gasteiger partial charge in [0.2, 0.25) is 11.7 Å². The number of carbonyl (C=O) groups excluding carboxylic acids is 1. The van der Waals surface area contributed by atoms with Gasteiger partial charge in [-0.25, -0.2) is 4.98 Å². The lowest BCUT2D eigenvalue weighted by Gasteiger charge is -2.04. The number of carbonyl (C=O) groups is 1. The molecule has 2 rings (SSSR count). The van der Waals surface area contributed by atoms with E-state index in [1.807, 2.05) is 13.8 Å². The second-order valence-electron chi connectivity index (χ2n) is 4.31. The molecule has 1 amide bonds. The Bertz CT molecular complexity index is 593. The minimum atomic E-state index is -0.319. The summed E-state index contributed by atoms with van der Waals surface area (Å²) < 4.78 is 5.26. The average molecular weight is 250 g/mol. The van der Waals surface area contributed by atoms with Crippen molar-refractivity contribution in [2.75, 3.05) is 6.54 Å². The number of hydrogen-bond acceptors (Lipinski definition) is 4. The van der Waals surface area contributed by atoms with Gasteiger partial charge in [0.15, 0.2) is 0 Å². The van der Waals surface area contributed by atoms with Crippen molar-refractivity contribution < 1.29 is 9.21 Å². The topological polar surface area (TPSA) is 104 Å². The molecule has 3 N–H and O–H groups in total. The zero-order valence-corrected chi connectivity index (χ0v) is 10.1. The summed E-state index contributed by atoms with van der Waals surface area (Å²) >= 11 is 0. The van der Waals surface area contributed by atoms with E-state index in [1.54, 1.807) is 0 Å². The van der Waals surface area contributed by atoms with Crippen molar-refractivity contribution in [3.63, 3.8) is 0 Å². The maximum atomic E-state index is 11.7. The molecule has 0 fully saturated rings. The molecule has 0 aromatic carbocycles. The quantitative estimate of drug-likeness (QED) is 0.744. The van der Waals surface area contributed by atoms with Gasteiger partial charge in [-0.05, 0) is 5.92 Å². The Morgan fingerprint density at radius 1 is 1.50 bits per heavy atom. The van der Waals surface area contributed by atoms with Crippen LogP contribution in [0.15, 0.2) is 21.5 Å². The molecule has 7 nitrogen and oxygen atoms in total. The van der Waals surface area contributed by atoms with Crippen molar-refractivity contribution in [2.24, 2.45) is 5.92 Å². The van der Waals surface area contributed by atoms with Gasteiger partial charge in [-0.1, -0.05) is 13.8 Å². The van der Waals surface area contributed by atoms with Crippen LogP contribution in [0.4, 0.5) is 0 Å². The van der Waals surface area contributed by atoms with E-state index in [2.05, 4.69) is 20.5 Å². The molecule has 2 heterocycles. The van der Waals surface area contributed by atoms with Crippen molar-refractivity contribution in [1.82, 2.24) is 20.5 Å². The lowest BCUT2D eigenvalue weighted by atomic mass is 10.2. The lowest BCUT2D eigenvalue weighted by Crippen LogP contribution is -2.26. The summed E-state index contributed by atoms with van der Waals surface area (Å²) in [5.74, 6) is 0.355. The van der Waals surface area contributed by atoms with Gasteiger partial charge in [-0.3, -0.25) is 19.8 Å². The predicted molar refractivity (Wildman–Crippen MR) is 64.1 cm³/mol. The highest BCUT2D eigenvalue weighted by Crippen LogP contribution is 2.14. The highest BCUT2D eigenvalue weighted by Gasteiger charge is 2.14. The molecule has 0 aliphatic rings. The van der Waals surface area contributed by atoms with E-state index < -0.39 is 0 Å². The number of nitrogens with one attached hydrogen (secondary N) is 3. The zero-order chi connectivity index (χ0) is 13.1. The van der Waals surface area contributed by atoms with E-state index >= 15 is 0 Å². The van der Waals surface area contributed by atoms with E-state index in [4.69, 9.17) is 4.42 Å². The number of aromatic amines is 2. The predicted octanol–water partition coefficient (Wildman–Crippen LogP) is 0.744. The first-order valence-corrected chi connectivity index (χ1v) is 5.58. The Kier molecular flexibility index (Phi) is 3.31. The molecule has 0 saturated carbocycles. The van der Waals surface area contributed by atoms with Gasteiger partial charge in [-0.2, -0.15) is 0 Å². The molecule has 96 valence electrons. The van der Waals surface area contributed by atoms with Gasteiger partial charge in [0.05, 0.1) is 6.20 Å². The Hall–Kier alpha value is -2.31. The lowest BCUT2D eigenvalue weighted by molar-refractivity contribution is 0.0922. The Morgan fingerprint density at radius 2 is 2.28 bits per heavy atom. The molecule has 0 bridgehead atoms. The van der Waals surface area contributed by atoms with Gasteiger partial charge in [-0.15, -0.1) is 0 Å². The van der Waals surface area contributed by atoms with Gasteiger partial charge in [0, 0.05) is 12.6 Å². The van der Waals surface area contributed by atoms with Crippen LogP contribution in [0.3, 0.4) is 0 Å². The normalized spacial score (nSPS) is 10.8. The van der Waals surface area contributed by atoms with Crippen molar-refractivity contribution in [3.8, 4) is 11.6 Å². The molecule has 0 aliphatic carbocycles. The monoisotopic (exact) mass is 250 g/mol. The number of hydrogen-bond donors (Lipinski definition) is 3. The number of amides is 1. The maximum absolute atomic E-state index is 11.7. The fourth-order valence-electron chi connectivity index (χ4n) is 1.33. The molecule has 7 heteroatoms. The third kappa shape index (κ3) is 2.68. The molecule has 2 aromatic rings. The second kappa shape index (κ2) is 4.91. The molecule has 0 spiro atoms. The molecule has 18 heavy (non-hydrogen) atoms. The van der Waals surface area contributed by atoms with Gasteiger partial charge < -0.3 is 9.73 Å². The summed E-state index contributed by atoms with van der Waals surface area (Å²) in [7, 11) is 0. The van der Waals surface area contributed by atoms with Crippen molar-refractivity contribution in [1.29, 1.82) is 0 Å².